The van der Waals surface area contributed by atoms with Gasteiger partial charge in [0.1, 0.15) is 7.85 Å². The van der Waals surface area contributed by atoms with Crippen LogP contribution in [0.2, 0.25) is 0 Å². The Kier molecular flexibility index (Phi) is 1.76. The lowest BCUT2D eigenvalue weighted by Crippen LogP contribution is -2.04. The average molecular weight is 131 g/mol. The van der Waals surface area contributed by atoms with Crippen molar-refractivity contribution in [2.24, 2.45) is 0 Å². The van der Waals surface area contributed by atoms with Crippen molar-refractivity contribution in [1.82, 2.24) is 0 Å². The Morgan fingerprint density at radius 2 is 2.20 bits per heavy atom. The summed E-state index contributed by atoms with van der Waals surface area (Å²) in [6, 6.07) is 4.79. The minimum Gasteiger partial charge on any atom is -0.398 e. The molecular formula is C7H6BNO. The van der Waals surface area contributed by atoms with Crippen LogP contribution in [0.5, 0.6) is 0 Å². The minimum atomic E-state index is 0.426. The topological polar surface area (TPSA) is 43.1 Å². The van der Waals surface area contributed by atoms with Gasteiger partial charge in [0.25, 0.3) is 0 Å². The highest BCUT2D eigenvalue weighted by Crippen LogP contribution is 2.04. The maximum absolute atomic E-state index is 10.2. The van der Waals surface area contributed by atoms with E-state index in [1.807, 2.05) is 0 Å². The van der Waals surface area contributed by atoms with Crippen LogP contribution in [-0.4, -0.2) is 14.1 Å². The van der Waals surface area contributed by atoms with Gasteiger partial charge < -0.3 is 5.73 Å². The van der Waals surface area contributed by atoms with Gasteiger partial charge in [-0.15, -0.1) is 0 Å². The van der Waals surface area contributed by atoms with Gasteiger partial charge in [-0.05, 0) is 6.07 Å². The molecule has 1 aromatic rings. The molecule has 0 bridgehead atoms. The van der Waals surface area contributed by atoms with Crippen LogP contribution >= 0.6 is 0 Å². The molecule has 3 heteroatoms. The van der Waals surface area contributed by atoms with E-state index in [1.165, 1.54) is 0 Å². The summed E-state index contributed by atoms with van der Waals surface area (Å²) < 4.78 is 0. The monoisotopic (exact) mass is 131 g/mol. The molecule has 48 valence electrons. The second-order valence-corrected chi connectivity index (χ2v) is 2.01. The standard InChI is InChI=1S/C7H6BNO/c8-6-2-1-5(4-10)7(9)3-6/h1-4H,9H2. The van der Waals surface area contributed by atoms with Crippen molar-refractivity contribution in [3.05, 3.63) is 23.8 Å². The molecule has 0 saturated heterocycles. The molecule has 0 aliphatic rings. The van der Waals surface area contributed by atoms with Crippen LogP contribution in [-0.2, 0) is 0 Å². The van der Waals surface area contributed by atoms with Crippen molar-refractivity contribution in [2.75, 3.05) is 5.73 Å². The smallest absolute Gasteiger partial charge is 0.152 e. The molecule has 0 fully saturated rings. The Morgan fingerprint density at radius 3 is 2.70 bits per heavy atom. The highest BCUT2D eigenvalue weighted by molar-refractivity contribution is 6.32. The van der Waals surface area contributed by atoms with Crippen molar-refractivity contribution in [1.29, 1.82) is 0 Å². The second kappa shape index (κ2) is 2.56. The Bertz CT molecular complexity index is 260. The van der Waals surface area contributed by atoms with Crippen LogP contribution in [0.4, 0.5) is 5.69 Å². The predicted molar refractivity (Wildman–Crippen MR) is 41.6 cm³/mol. The molecule has 0 aromatic heterocycles. The van der Waals surface area contributed by atoms with Crippen molar-refractivity contribution >= 4 is 25.3 Å². The highest BCUT2D eigenvalue weighted by Gasteiger charge is 1.94. The molecule has 0 saturated carbocycles. The van der Waals surface area contributed by atoms with E-state index in [1.54, 1.807) is 18.2 Å². The number of nitrogens with two attached hydrogens (primary N) is 1. The Morgan fingerprint density at radius 1 is 1.50 bits per heavy atom. The van der Waals surface area contributed by atoms with Crippen molar-refractivity contribution in [3.8, 4) is 0 Å². The van der Waals surface area contributed by atoms with Crippen LogP contribution < -0.4 is 11.2 Å². The molecule has 0 aliphatic carbocycles. The Balaban J connectivity index is 3.19. The molecule has 0 unspecified atom stereocenters. The first kappa shape index (κ1) is 6.87. The van der Waals surface area contributed by atoms with E-state index >= 15 is 0 Å². The van der Waals surface area contributed by atoms with E-state index in [0.717, 1.165) is 0 Å². The van der Waals surface area contributed by atoms with Gasteiger partial charge in [0, 0.05) is 11.3 Å². The Labute approximate surface area is 60.4 Å². The first-order valence-corrected chi connectivity index (χ1v) is 2.84. The van der Waals surface area contributed by atoms with Crippen LogP contribution in [0.25, 0.3) is 0 Å². The molecule has 0 spiro atoms. The molecule has 2 N–H and O–H groups in total. The third-order valence-electron chi connectivity index (χ3n) is 1.24. The third-order valence-corrected chi connectivity index (χ3v) is 1.24. The number of carbonyl (C=O) groups excluding carboxylic acids is 1. The summed E-state index contributed by atoms with van der Waals surface area (Å²) in [6.07, 6.45) is 0.703. The molecule has 1 rings (SSSR count). The summed E-state index contributed by atoms with van der Waals surface area (Å²) in [5, 5.41) is 0. The fraction of sp³-hybridized carbons (Fsp3) is 0. The number of hydrogen-bond donors (Lipinski definition) is 1. The van der Waals surface area contributed by atoms with Crippen LogP contribution in [0.1, 0.15) is 10.4 Å². The van der Waals surface area contributed by atoms with Gasteiger partial charge in [-0.1, -0.05) is 17.6 Å². The first-order valence-electron chi connectivity index (χ1n) is 2.84. The molecule has 2 nitrogen and oxygen atoms in total. The number of hydrogen-bond acceptors (Lipinski definition) is 2. The van der Waals surface area contributed by atoms with E-state index < -0.39 is 0 Å². The lowest BCUT2D eigenvalue weighted by atomic mass is 9.94. The summed E-state index contributed by atoms with van der Waals surface area (Å²) in [5.41, 5.74) is 6.90. The highest BCUT2D eigenvalue weighted by atomic mass is 16.1. The SMILES string of the molecule is [B]c1ccc(C=O)c(N)c1. The normalized spacial score (nSPS) is 9.20. The first-order chi connectivity index (χ1) is 4.74. The summed E-state index contributed by atoms with van der Waals surface area (Å²) in [6.45, 7) is 0. The fourth-order valence-corrected chi connectivity index (χ4v) is 0.701. The number of rotatable bonds is 1. The van der Waals surface area contributed by atoms with Crippen molar-refractivity contribution in [2.45, 2.75) is 0 Å². The van der Waals surface area contributed by atoms with Crippen LogP contribution in [0, 0.1) is 0 Å². The second-order valence-electron chi connectivity index (χ2n) is 2.01. The maximum Gasteiger partial charge on any atom is 0.152 e. The van der Waals surface area contributed by atoms with Gasteiger partial charge in [-0.2, -0.15) is 0 Å². The van der Waals surface area contributed by atoms with E-state index in [-0.39, 0.29) is 0 Å². The summed E-state index contributed by atoms with van der Waals surface area (Å²) in [7, 11) is 5.39. The molecule has 2 radical (unpaired) electrons. The molecule has 0 amide bonds. The quantitative estimate of drug-likeness (QED) is 0.328. The summed E-state index contributed by atoms with van der Waals surface area (Å²) >= 11 is 0. The largest absolute Gasteiger partial charge is 0.398 e. The fourth-order valence-electron chi connectivity index (χ4n) is 0.701. The lowest BCUT2D eigenvalue weighted by Gasteiger charge is -1.97. The van der Waals surface area contributed by atoms with Crippen LogP contribution in [0.3, 0.4) is 0 Å². The van der Waals surface area contributed by atoms with Crippen LogP contribution in [0.15, 0.2) is 18.2 Å². The number of anilines is 1. The zero-order valence-corrected chi connectivity index (χ0v) is 5.37. The van der Waals surface area contributed by atoms with Crippen molar-refractivity contribution in [3.63, 3.8) is 0 Å². The third kappa shape index (κ3) is 1.18. The number of nitrogen functional groups attached to an aromatic ring is 1. The molecular weight excluding hydrogens is 125 g/mol. The van der Waals surface area contributed by atoms with Crippen molar-refractivity contribution < 1.29 is 4.79 Å². The predicted octanol–water partition coefficient (Wildman–Crippen LogP) is -0.125. The van der Waals surface area contributed by atoms with Gasteiger partial charge in [-0.3, -0.25) is 4.79 Å². The minimum absolute atomic E-state index is 0.426. The molecule has 0 heterocycles. The maximum atomic E-state index is 10.2. The zero-order chi connectivity index (χ0) is 7.56. The zero-order valence-electron chi connectivity index (χ0n) is 5.37. The number of aldehydes is 1. The average Bonchev–Trinajstić information content (AvgIpc) is 1.88. The number of carbonyl (C=O) groups is 1. The Hall–Kier alpha value is -1.25. The van der Waals surface area contributed by atoms with E-state index in [2.05, 4.69) is 0 Å². The van der Waals surface area contributed by atoms with E-state index in [4.69, 9.17) is 13.6 Å². The van der Waals surface area contributed by atoms with E-state index in [9.17, 15) is 4.79 Å². The van der Waals surface area contributed by atoms with Gasteiger partial charge in [0.05, 0.1) is 0 Å². The molecule has 10 heavy (non-hydrogen) atoms. The molecule has 1 aromatic carbocycles. The lowest BCUT2D eigenvalue weighted by molar-refractivity contribution is 0.112. The van der Waals surface area contributed by atoms with E-state index in [0.29, 0.717) is 23.0 Å². The number of benzene rings is 1. The van der Waals surface area contributed by atoms with Gasteiger partial charge in [0.15, 0.2) is 6.29 Å². The van der Waals surface area contributed by atoms with Gasteiger partial charge in [0.2, 0.25) is 0 Å². The van der Waals surface area contributed by atoms with Gasteiger partial charge >= 0.3 is 0 Å². The summed E-state index contributed by atoms with van der Waals surface area (Å²) in [4.78, 5) is 10.2. The summed E-state index contributed by atoms with van der Waals surface area (Å²) in [5.74, 6) is 0. The van der Waals surface area contributed by atoms with Gasteiger partial charge in [-0.25, -0.2) is 0 Å². The molecule has 0 aliphatic heterocycles. The molecule has 0 atom stereocenters.